The lowest BCUT2D eigenvalue weighted by atomic mass is 10.2. The van der Waals surface area contributed by atoms with E-state index in [0.717, 1.165) is 24.9 Å². The average Bonchev–Trinajstić information content (AvgIpc) is 3.15. The quantitative estimate of drug-likeness (QED) is 0.765. The molecule has 140 valence electrons. The van der Waals surface area contributed by atoms with Crippen LogP contribution in [0.25, 0.3) is 0 Å². The molecule has 0 bridgehead atoms. The van der Waals surface area contributed by atoms with Gasteiger partial charge in [-0.2, -0.15) is 4.31 Å². The lowest BCUT2D eigenvalue weighted by Gasteiger charge is -2.26. The van der Waals surface area contributed by atoms with Gasteiger partial charge >= 0.3 is 0 Å². The molecule has 1 unspecified atom stereocenters. The van der Waals surface area contributed by atoms with Crippen molar-refractivity contribution in [3.05, 3.63) is 29.8 Å². The first kappa shape index (κ1) is 20.1. The SMILES string of the molecule is Cl.O=C(NCc1ccc(S(=O)(=O)N2CCOCC2)cc1)C1CCCN1. The third-order valence-electron chi connectivity index (χ3n) is 4.37. The van der Waals surface area contributed by atoms with E-state index in [1.165, 1.54) is 4.31 Å². The van der Waals surface area contributed by atoms with Crippen molar-refractivity contribution in [2.24, 2.45) is 0 Å². The number of hydrogen-bond donors (Lipinski definition) is 2. The van der Waals surface area contributed by atoms with Crippen LogP contribution in [0.5, 0.6) is 0 Å². The largest absolute Gasteiger partial charge is 0.379 e. The van der Waals surface area contributed by atoms with Crippen LogP contribution in [0.2, 0.25) is 0 Å². The molecule has 1 atom stereocenters. The zero-order valence-electron chi connectivity index (χ0n) is 13.9. The first-order valence-electron chi connectivity index (χ1n) is 8.25. The van der Waals surface area contributed by atoms with Crippen molar-refractivity contribution < 1.29 is 17.9 Å². The lowest BCUT2D eigenvalue weighted by molar-refractivity contribution is -0.122. The van der Waals surface area contributed by atoms with E-state index < -0.39 is 10.0 Å². The summed E-state index contributed by atoms with van der Waals surface area (Å²) in [6.45, 7) is 2.90. The average molecular weight is 390 g/mol. The second-order valence-electron chi connectivity index (χ2n) is 6.03. The maximum Gasteiger partial charge on any atom is 0.243 e. The zero-order chi connectivity index (χ0) is 17.0. The van der Waals surface area contributed by atoms with E-state index in [1.807, 2.05) is 0 Å². The Kier molecular flexibility index (Phi) is 7.21. The van der Waals surface area contributed by atoms with Crippen LogP contribution in [0.4, 0.5) is 0 Å². The van der Waals surface area contributed by atoms with E-state index in [4.69, 9.17) is 4.74 Å². The van der Waals surface area contributed by atoms with Gasteiger partial charge in [0, 0.05) is 19.6 Å². The molecule has 9 heteroatoms. The van der Waals surface area contributed by atoms with Crippen molar-refractivity contribution in [2.75, 3.05) is 32.8 Å². The highest BCUT2D eigenvalue weighted by Crippen LogP contribution is 2.17. The Balaban J connectivity index is 0.00000225. The van der Waals surface area contributed by atoms with Crippen LogP contribution in [0, 0.1) is 0 Å². The van der Waals surface area contributed by atoms with Crippen LogP contribution in [-0.4, -0.2) is 57.5 Å². The van der Waals surface area contributed by atoms with Gasteiger partial charge in [0.15, 0.2) is 0 Å². The van der Waals surface area contributed by atoms with Gasteiger partial charge in [0.25, 0.3) is 0 Å². The van der Waals surface area contributed by atoms with Gasteiger partial charge in [-0.3, -0.25) is 4.79 Å². The molecule has 0 radical (unpaired) electrons. The Morgan fingerprint density at radius 3 is 2.52 bits per heavy atom. The van der Waals surface area contributed by atoms with Crippen LogP contribution in [0.15, 0.2) is 29.2 Å². The van der Waals surface area contributed by atoms with Crippen LogP contribution in [-0.2, 0) is 26.1 Å². The minimum atomic E-state index is -3.47. The number of nitrogens with one attached hydrogen (secondary N) is 2. The first-order chi connectivity index (χ1) is 11.6. The monoisotopic (exact) mass is 389 g/mol. The molecule has 0 aliphatic carbocycles. The number of benzene rings is 1. The van der Waals surface area contributed by atoms with Crippen molar-refractivity contribution in [3.63, 3.8) is 0 Å². The maximum absolute atomic E-state index is 12.5. The molecule has 25 heavy (non-hydrogen) atoms. The van der Waals surface area contributed by atoms with Gasteiger partial charge in [-0.15, -0.1) is 12.4 Å². The zero-order valence-corrected chi connectivity index (χ0v) is 15.6. The summed E-state index contributed by atoms with van der Waals surface area (Å²) in [6.07, 6.45) is 1.88. The summed E-state index contributed by atoms with van der Waals surface area (Å²) in [5.41, 5.74) is 0.877. The second-order valence-corrected chi connectivity index (χ2v) is 7.97. The summed E-state index contributed by atoms with van der Waals surface area (Å²) in [5, 5.41) is 6.04. The highest BCUT2D eigenvalue weighted by molar-refractivity contribution is 7.89. The molecule has 7 nitrogen and oxygen atoms in total. The predicted octanol–water partition coefficient (Wildman–Crippen LogP) is 0.497. The number of sulfonamides is 1. The third-order valence-corrected chi connectivity index (χ3v) is 6.29. The minimum absolute atomic E-state index is 0. The molecule has 3 rings (SSSR count). The maximum atomic E-state index is 12.5. The van der Waals surface area contributed by atoms with Crippen molar-refractivity contribution in [3.8, 4) is 0 Å². The highest BCUT2D eigenvalue weighted by Gasteiger charge is 2.26. The summed E-state index contributed by atoms with van der Waals surface area (Å²) < 4.78 is 31.7. The molecular weight excluding hydrogens is 366 g/mol. The summed E-state index contributed by atoms with van der Waals surface area (Å²) >= 11 is 0. The van der Waals surface area contributed by atoms with Gasteiger partial charge in [-0.25, -0.2) is 8.42 Å². The Bertz CT molecular complexity index is 669. The molecule has 0 saturated carbocycles. The van der Waals surface area contributed by atoms with Crippen LogP contribution in [0.3, 0.4) is 0 Å². The number of halogens is 1. The van der Waals surface area contributed by atoms with Crippen LogP contribution < -0.4 is 10.6 Å². The number of rotatable bonds is 5. The molecule has 2 heterocycles. The minimum Gasteiger partial charge on any atom is -0.379 e. The van der Waals surface area contributed by atoms with Gasteiger partial charge in [0.2, 0.25) is 15.9 Å². The standard InChI is InChI=1S/C16H23N3O4S.ClH/c20-16(15-2-1-7-17-15)18-12-13-3-5-14(6-4-13)24(21,22)19-8-10-23-11-9-19;/h3-6,15,17H,1-2,7-12H2,(H,18,20);1H. The number of nitrogens with zero attached hydrogens (tertiary/aromatic N) is 1. The Hall–Kier alpha value is -1.19. The van der Waals surface area contributed by atoms with Crippen molar-refractivity contribution in [2.45, 2.75) is 30.3 Å². The molecule has 2 N–H and O–H groups in total. The molecule has 1 aromatic carbocycles. The van der Waals surface area contributed by atoms with Crippen LogP contribution in [0.1, 0.15) is 18.4 Å². The van der Waals surface area contributed by atoms with Crippen molar-refractivity contribution >= 4 is 28.3 Å². The Morgan fingerprint density at radius 2 is 1.92 bits per heavy atom. The lowest BCUT2D eigenvalue weighted by Crippen LogP contribution is -2.40. The van der Waals surface area contributed by atoms with Gasteiger partial charge in [-0.1, -0.05) is 12.1 Å². The fourth-order valence-corrected chi connectivity index (χ4v) is 4.34. The van der Waals surface area contributed by atoms with Crippen molar-refractivity contribution in [1.29, 1.82) is 0 Å². The number of carbonyl (C=O) groups is 1. The van der Waals surface area contributed by atoms with E-state index in [-0.39, 0.29) is 29.3 Å². The Labute approximate surface area is 154 Å². The van der Waals surface area contributed by atoms with Crippen molar-refractivity contribution in [1.82, 2.24) is 14.9 Å². The summed E-state index contributed by atoms with van der Waals surface area (Å²) in [7, 11) is -3.47. The molecule has 2 saturated heterocycles. The summed E-state index contributed by atoms with van der Waals surface area (Å²) in [5.74, 6) is -0.00230. The normalized spacial score (nSPS) is 21.5. The Morgan fingerprint density at radius 1 is 1.24 bits per heavy atom. The van der Waals surface area contributed by atoms with Gasteiger partial charge in [0.05, 0.1) is 24.2 Å². The van der Waals surface area contributed by atoms with E-state index in [1.54, 1.807) is 24.3 Å². The molecule has 2 aliphatic rings. The molecule has 2 fully saturated rings. The summed E-state index contributed by atoms with van der Waals surface area (Å²) in [4.78, 5) is 12.2. The first-order valence-corrected chi connectivity index (χ1v) is 9.69. The number of ether oxygens (including phenoxy) is 1. The number of morpholine rings is 1. The van der Waals surface area contributed by atoms with Gasteiger partial charge in [-0.05, 0) is 37.1 Å². The molecule has 1 amide bonds. The van der Waals surface area contributed by atoms with Gasteiger partial charge < -0.3 is 15.4 Å². The van der Waals surface area contributed by atoms with E-state index in [2.05, 4.69) is 10.6 Å². The fourth-order valence-electron chi connectivity index (χ4n) is 2.94. The second kappa shape index (κ2) is 8.95. The van der Waals surface area contributed by atoms with E-state index >= 15 is 0 Å². The number of carbonyl (C=O) groups excluding carboxylic acids is 1. The molecule has 0 spiro atoms. The van der Waals surface area contributed by atoms with E-state index in [9.17, 15) is 13.2 Å². The van der Waals surface area contributed by atoms with E-state index in [0.29, 0.717) is 32.8 Å². The topological polar surface area (TPSA) is 87.7 Å². The number of hydrogen-bond acceptors (Lipinski definition) is 5. The highest BCUT2D eigenvalue weighted by atomic mass is 35.5. The fraction of sp³-hybridized carbons (Fsp3) is 0.562. The summed E-state index contributed by atoms with van der Waals surface area (Å²) in [6, 6.07) is 6.58. The molecule has 1 aromatic rings. The third kappa shape index (κ3) is 4.92. The predicted molar refractivity (Wildman–Crippen MR) is 96.1 cm³/mol. The van der Waals surface area contributed by atoms with Gasteiger partial charge in [0.1, 0.15) is 0 Å². The number of amides is 1. The molecule has 2 aliphatic heterocycles. The van der Waals surface area contributed by atoms with Crippen LogP contribution >= 0.6 is 12.4 Å². The molecule has 0 aromatic heterocycles. The molecular formula is C16H24ClN3O4S. The smallest absolute Gasteiger partial charge is 0.243 e.